The number of thiophene rings is 1. The molecule has 0 amide bonds. The number of nitrogens with zero attached hydrogens (tertiary/aromatic N) is 1. The van der Waals surface area contributed by atoms with E-state index in [1.54, 1.807) is 11.3 Å². The van der Waals surface area contributed by atoms with Gasteiger partial charge in [0.1, 0.15) is 0 Å². The van der Waals surface area contributed by atoms with E-state index < -0.39 is 0 Å². The zero-order chi connectivity index (χ0) is 9.42. The molecule has 1 aromatic heterocycles. The van der Waals surface area contributed by atoms with Crippen molar-refractivity contribution < 1.29 is 0 Å². The van der Waals surface area contributed by atoms with E-state index in [4.69, 9.17) is 11.0 Å². The molecular formula is C10H8N2S. The standard InChI is InChI=1S/C10H8N2S/c1-6-2-7(5-11)3-8-4-9(12)13-10(6)8/h2-4H,12H2,1H3. The van der Waals surface area contributed by atoms with Crippen molar-refractivity contribution in [2.75, 3.05) is 5.73 Å². The average Bonchev–Trinajstić information content (AvgIpc) is 2.46. The minimum Gasteiger partial charge on any atom is -0.391 e. The van der Waals surface area contributed by atoms with E-state index >= 15 is 0 Å². The molecule has 13 heavy (non-hydrogen) atoms. The molecule has 2 rings (SSSR count). The predicted molar refractivity (Wildman–Crippen MR) is 55.7 cm³/mol. The van der Waals surface area contributed by atoms with Crippen LogP contribution in [0.5, 0.6) is 0 Å². The molecule has 2 N–H and O–H groups in total. The van der Waals surface area contributed by atoms with E-state index in [9.17, 15) is 0 Å². The topological polar surface area (TPSA) is 49.8 Å². The summed E-state index contributed by atoms with van der Waals surface area (Å²) in [5.41, 5.74) is 7.50. The molecule has 64 valence electrons. The lowest BCUT2D eigenvalue weighted by Gasteiger charge is -1.95. The van der Waals surface area contributed by atoms with Crippen LogP contribution in [-0.4, -0.2) is 0 Å². The van der Waals surface area contributed by atoms with Crippen LogP contribution in [-0.2, 0) is 0 Å². The summed E-state index contributed by atoms with van der Waals surface area (Å²) < 4.78 is 1.18. The number of nitriles is 1. The minimum absolute atomic E-state index is 0.697. The van der Waals surface area contributed by atoms with Crippen molar-refractivity contribution in [2.45, 2.75) is 6.92 Å². The molecule has 0 unspecified atom stereocenters. The van der Waals surface area contributed by atoms with E-state index in [1.165, 1.54) is 4.70 Å². The molecule has 2 aromatic rings. The van der Waals surface area contributed by atoms with Gasteiger partial charge >= 0.3 is 0 Å². The number of hydrogen-bond acceptors (Lipinski definition) is 3. The van der Waals surface area contributed by atoms with E-state index in [0.717, 1.165) is 16.0 Å². The maximum Gasteiger partial charge on any atom is 0.0991 e. The highest BCUT2D eigenvalue weighted by molar-refractivity contribution is 7.22. The Kier molecular flexibility index (Phi) is 1.71. The average molecular weight is 188 g/mol. The van der Waals surface area contributed by atoms with Gasteiger partial charge in [0, 0.05) is 4.70 Å². The van der Waals surface area contributed by atoms with Gasteiger partial charge in [0.15, 0.2) is 0 Å². The molecule has 0 bridgehead atoms. The smallest absolute Gasteiger partial charge is 0.0991 e. The quantitative estimate of drug-likeness (QED) is 0.691. The van der Waals surface area contributed by atoms with Crippen molar-refractivity contribution >= 4 is 26.4 Å². The molecule has 1 heterocycles. The van der Waals surface area contributed by atoms with Crippen molar-refractivity contribution in [1.82, 2.24) is 0 Å². The predicted octanol–water partition coefficient (Wildman–Crippen LogP) is 2.66. The number of anilines is 1. The molecule has 2 nitrogen and oxygen atoms in total. The van der Waals surface area contributed by atoms with Crippen LogP contribution < -0.4 is 5.73 Å². The third kappa shape index (κ3) is 1.25. The minimum atomic E-state index is 0.697. The van der Waals surface area contributed by atoms with E-state index in [0.29, 0.717) is 5.56 Å². The van der Waals surface area contributed by atoms with E-state index in [-0.39, 0.29) is 0 Å². The van der Waals surface area contributed by atoms with Gasteiger partial charge in [-0.15, -0.1) is 11.3 Å². The van der Waals surface area contributed by atoms with Crippen molar-refractivity contribution in [2.24, 2.45) is 0 Å². The monoisotopic (exact) mass is 188 g/mol. The van der Waals surface area contributed by atoms with Crippen LogP contribution in [0.3, 0.4) is 0 Å². The summed E-state index contributed by atoms with van der Waals surface area (Å²) in [6.07, 6.45) is 0. The van der Waals surface area contributed by atoms with Gasteiger partial charge in [-0.2, -0.15) is 5.26 Å². The third-order valence-corrected chi connectivity index (χ3v) is 3.07. The fourth-order valence-corrected chi connectivity index (χ4v) is 2.29. The zero-order valence-electron chi connectivity index (χ0n) is 7.16. The van der Waals surface area contributed by atoms with Gasteiger partial charge in [0.2, 0.25) is 0 Å². The fraction of sp³-hybridized carbons (Fsp3) is 0.100. The second-order valence-corrected chi connectivity index (χ2v) is 4.06. The lowest BCUT2D eigenvalue weighted by molar-refractivity contribution is 1.47. The highest BCUT2D eigenvalue weighted by atomic mass is 32.1. The third-order valence-electron chi connectivity index (χ3n) is 1.95. The van der Waals surface area contributed by atoms with Crippen LogP contribution >= 0.6 is 11.3 Å². The van der Waals surface area contributed by atoms with Gasteiger partial charge in [0.05, 0.1) is 16.6 Å². The van der Waals surface area contributed by atoms with Gasteiger partial charge in [-0.1, -0.05) is 0 Å². The Morgan fingerprint density at radius 2 is 2.15 bits per heavy atom. The second-order valence-electron chi connectivity index (χ2n) is 2.97. The maximum atomic E-state index is 8.75. The Hall–Kier alpha value is -1.53. The molecule has 0 aliphatic carbocycles. The first-order valence-electron chi connectivity index (χ1n) is 3.90. The van der Waals surface area contributed by atoms with Crippen LogP contribution in [0.15, 0.2) is 18.2 Å². The molecule has 0 saturated carbocycles. The van der Waals surface area contributed by atoms with Crippen LogP contribution in [0.25, 0.3) is 10.1 Å². The lowest BCUT2D eigenvalue weighted by atomic mass is 10.1. The summed E-state index contributed by atoms with van der Waals surface area (Å²) in [6.45, 7) is 2.00. The van der Waals surface area contributed by atoms with Crippen LogP contribution in [0.4, 0.5) is 5.00 Å². The molecule has 3 heteroatoms. The first-order valence-corrected chi connectivity index (χ1v) is 4.72. The first-order chi connectivity index (χ1) is 6.20. The molecule has 0 atom stereocenters. The number of aryl methyl sites for hydroxylation is 1. The molecular weight excluding hydrogens is 180 g/mol. The van der Waals surface area contributed by atoms with Gasteiger partial charge in [0.25, 0.3) is 0 Å². The summed E-state index contributed by atoms with van der Waals surface area (Å²) in [5, 5.41) is 10.6. The van der Waals surface area contributed by atoms with Gasteiger partial charge in [-0.25, -0.2) is 0 Å². The van der Waals surface area contributed by atoms with Crippen molar-refractivity contribution in [1.29, 1.82) is 5.26 Å². The maximum absolute atomic E-state index is 8.75. The summed E-state index contributed by atoms with van der Waals surface area (Å²) in [4.78, 5) is 0. The SMILES string of the molecule is Cc1cc(C#N)cc2cc(N)sc12. The Labute approximate surface area is 80.2 Å². The van der Waals surface area contributed by atoms with Crippen LogP contribution in [0, 0.1) is 18.3 Å². The van der Waals surface area contributed by atoms with Gasteiger partial charge in [-0.05, 0) is 36.1 Å². The number of fused-ring (bicyclic) bond motifs is 1. The molecule has 0 aliphatic heterocycles. The van der Waals surface area contributed by atoms with Crippen LogP contribution in [0.1, 0.15) is 11.1 Å². The van der Waals surface area contributed by atoms with Crippen molar-refractivity contribution in [3.8, 4) is 6.07 Å². The highest BCUT2D eigenvalue weighted by Crippen LogP contribution is 2.30. The Morgan fingerprint density at radius 3 is 2.85 bits per heavy atom. The van der Waals surface area contributed by atoms with Crippen molar-refractivity contribution in [3.63, 3.8) is 0 Å². The second kappa shape index (κ2) is 2.75. The molecule has 0 saturated heterocycles. The summed E-state index contributed by atoms with van der Waals surface area (Å²) >= 11 is 1.57. The fourth-order valence-electron chi connectivity index (χ4n) is 1.41. The molecule has 0 spiro atoms. The Morgan fingerprint density at radius 1 is 1.38 bits per heavy atom. The number of nitrogen functional groups attached to an aromatic ring is 1. The normalized spacial score (nSPS) is 10.2. The number of nitrogens with two attached hydrogens (primary N) is 1. The Bertz CT molecular complexity index is 505. The largest absolute Gasteiger partial charge is 0.391 e. The van der Waals surface area contributed by atoms with Gasteiger partial charge < -0.3 is 5.73 Å². The van der Waals surface area contributed by atoms with Crippen molar-refractivity contribution in [3.05, 3.63) is 29.3 Å². The number of rotatable bonds is 0. The van der Waals surface area contributed by atoms with E-state index in [2.05, 4.69) is 6.07 Å². The molecule has 0 fully saturated rings. The van der Waals surface area contributed by atoms with Gasteiger partial charge in [-0.3, -0.25) is 0 Å². The summed E-state index contributed by atoms with van der Waals surface area (Å²) in [7, 11) is 0. The summed E-state index contributed by atoms with van der Waals surface area (Å²) in [6, 6.07) is 7.80. The van der Waals surface area contributed by atoms with E-state index in [1.807, 2.05) is 25.1 Å². The first kappa shape index (κ1) is 8.09. The van der Waals surface area contributed by atoms with Crippen LogP contribution in [0.2, 0.25) is 0 Å². The highest BCUT2D eigenvalue weighted by Gasteiger charge is 2.03. The molecule has 1 aromatic carbocycles. The Balaban J connectivity index is 2.85. The molecule has 0 radical (unpaired) electrons. The number of benzene rings is 1. The lowest BCUT2D eigenvalue weighted by Crippen LogP contribution is -1.77. The zero-order valence-corrected chi connectivity index (χ0v) is 7.98. The number of hydrogen-bond donors (Lipinski definition) is 1. The molecule has 0 aliphatic rings. The summed E-state index contributed by atoms with van der Waals surface area (Å²) in [5.74, 6) is 0.